The van der Waals surface area contributed by atoms with Crippen LogP contribution < -0.4 is 0 Å². The molecule has 2 atom stereocenters. The standard InChI is InChI=1S/C22H36N2O5SSi/c1-21(2,3)28-20(27)24-11-15(29-31(9,10)22(4,5)6)18-16(14(12-25)13-30-18)17(24)19(26)23(7)8/h12-13,15,17H,11H2,1-10H3. The van der Waals surface area contributed by atoms with E-state index in [-0.39, 0.29) is 17.5 Å². The van der Waals surface area contributed by atoms with Gasteiger partial charge in [0.25, 0.3) is 0 Å². The molecule has 0 aliphatic carbocycles. The topological polar surface area (TPSA) is 76.2 Å². The number of rotatable bonds is 4. The van der Waals surface area contributed by atoms with E-state index in [2.05, 4.69) is 33.9 Å². The van der Waals surface area contributed by atoms with Crippen molar-refractivity contribution in [2.24, 2.45) is 0 Å². The molecule has 0 bridgehead atoms. The number of nitrogens with zero attached hydrogens (tertiary/aromatic N) is 2. The molecule has 2 rings (SSSR count). The smallest absolute Gasteiger partial charge is 0.411 e. The zero-order chi connectivity index (χ0) is 23.9. The molecular weight excluding hydrogens is 432 g/mol. The van der Waals surface area contributed by atoms with E-state index in [1.165, 1.54) is 21.1 Å². The van der Waals surface area contributed by atoms with Crippen molar-refractivity contribution in [1.82, 2.24) is 9.80 Å². The molecule has 1 aromatic heterocycles. The van der Waals surface area contributed by atoms with Crippen molar-refractivity contribution in [2.45, 2.75) is 77.4 Å². The zero-order valence-electron chi connectivity index (χ0n) is 20.4. The van der Waals surface area contributed by atoms with E-state index >= 15 is 0 Å². The molecule has 2 amide bonds. The highest BCUT2D eigenvalue weighted by Gasteiger charge is 2.48. The van der Waals surface area contributed by atoms with Gasteiger partial charge in [0.1, 0.15) is 11.6 Å². The molecule has 7 nitrogen and oxygen atoms in total. The van der Waals surface area contributed by atoms with E-state index in [0.717, 1.165) is 11.2 Å². The molecule has 0 radical (unpaired) electrons. The largest absolute Gasteiger partial charge is 0.444 e. The van der Waals surface area contributed by atoms with Crippen LogP contribution in [0.15, 0.2) is 5.38 Å². The molecule has 174 valence electrons. The Kier molecular flexibility index (Phi) is 7.15. The number of amides is 2. The average molecular weight is 469 g/mol. The molecule has 2 unspecified atom stereocenters. The Labute approximate surface area is 190 Å². The van der Waals surface area contributed by atoms with Gasteiger partial charge < -0.3 is 14.1 Å². The van der Waals surface area contributed by atoms with Crippen LogP contribution in [0.4, 0.5) is 4.79 Å². The predicted octanol–water partition coefficient (Wildman–Crippen LogP) is 5.00. The van der Waals surface area contributed by atoms with Gasteiger partial charge in [-0.2, -0.15) is 0 Å². The highest BCUT2D eigenvalue weighted by Crippen LogP contribution is 2.47. The van der Waals surface area contributed by atoms with Crippen LogP contribution in [0.25, 0.3) is 0 Å². The zero-order valence-corrected chi connectivity index (χ0v) is 22.2. The second-order valence-electron chi connectivity index (χ2n) is 10.7. The van der Waals surface area contributed by atoms with Crippen LogP contribution in [0.3, 0.4) is 0 Å². The number of fused-ring (bicyclic) bond motifs is 1. The van der Waals surface area contributed by atoms with Crippen molar-refractivity contribution >= 4 is 37.9 Å². The fourth-order valence-electron chi connectivity index (χ4n) is 3.18. The van der Waals surface area contributed by atoms with Crippen molar-refractivity contribution in [2.75, 3.05) is 20.6 Å². The summed E-state index contributed by atoms with van der Waals surface area (Å²) in [6.45, 7) is 16.3. The van der Waals surface area contributed by atoms with Gasteiger partial charge in [0.15, 0.2) is 14.6 Å². The quantitative estimate of drug-likeness (QED) is 0.459. The van der Waals surface area contributed by atoms with Crippen molar-refractivity contribution in [3.63, 3.8) is 0 Å². The number of carbonyl (C=O) groups excluding carboxylic acids is 3. The van der Waals surface area contributed by atoms with Gasteiger partial charge in [-0.1, -0.05) is 20.8 Å². The fraction of sp³-hybridized carbons (Fsp3) is 0.682. The highest BCUT2D eigenvalue weighted by atomic mass is 32.1. The molecule has 0 saturated heterocycles. The molecule has 1 aliphatic rings. The van der Waals surface area contributed by atoms with Gasteiger partial charge in [-0.05, 0) is 38.9 Å². The summed E-state index contributed by atoms with van der Waals surface area (Å²) in [5.41, 5.74) is 0.248. The third kappa shape index (κ3) is 5.38. The van der Waals surface area contributed by atoms with Crippen LogP contribution in [0.5, 0.6) is 0 Å². The molecule has 0 saturated carbocycles. The minimum atomic E-state index is -2.20. The van der Waals surface area contributed by atoms with Crippen LogP contribution in [-0.2, 0) is 14.0 Å². The fourth-order valence-corrected chi connectivity index (χ4v) is 5.59. The van der Waals surface area contributed by atoms with Crippen LogP contribution in [0.2, 0.25) is 18.1 Å². The molecule has 1 aromatic rings. The summed E-state index contributed by atoms with van der Waals surface area (Å²) in [7, 11) is 1.08. The third-order valence-corrected chi connectivity index (χ3v) is 11.4. The van der Waals surface area contributed by atoms with Gasteiger partial charge in [-0.25, -0.2) is 4.79 Å². The Morgan fingerprint density at radius 2 is 1.77 bits per heavy atom. The monoisotopic (exact) mass is 468 g/mol. The van der Waals surface area contributed by atoms with E-state index < -0.39 is 32.2 Å². The second kappa shape index (κ2) is 8.67. The van der Waals surface area contributed by atoms with E-state index in [9.17, 15) is 14.4 Å². The summed E-state index contributed by atoms with van der Waals surface area (Å²) in [4.78, 5) is 41.9. The summed E-state index contributed by atoms with van der Waals surface area (Å²) in [5.74, 6) is -0.278. The Morgan fingerprint density at radius 1 is 1.19 bits per heavy atom. The van der Waals surface area contributed by atoms with Crippen LogP contribution in [0, 0.1) is 0 Å². The first-order valence-corrected chi connectivity index (χ1v) is 14.2. The number of carbonyl (C=O) groups is 3. The first-order valence-electron chi connectivity index (χ1n) is 10.4. The third-order valence-electron chi connectivity index (χ3n) is 5.80. The van der Waals surface area contributed by atoms with Gasteiger partial charge in [-0.3, -0.25) is 14.5 Å². The Bertz CT molecular complexity index is 851. The molecule has 1 aliphatic heterocycles. The number of ether oxygens (including phenoxy) is 1. The minimum Gasteiger partial charge on any atom is -0.444 e. The molecule has 2 heterocycles. The maximum atomic E-state index is 13.2. The molecule has 9 heteroatoms. The lowest BCUT2D eigenvalue weighted by Crippen LogP contribution is -2.52. The molecule has 0 N–H and O–H groups in total. The molecular formula is C22H36N2O5SSi. The lowest BCUT2D eigenvalue weighted by atomic mass is 9.94. The lowest BCUT2D eigenvalue weighted by molar-refractivity contribution is -0.135. The number of likely N-dealkylation sites (N-methyl/N-ethyl adjacent to an activating group) is 1. The second-order valence-corrected chi connectivity index (χ2v) is 16.4. The molecule has 0 fully saturated rings. The SMILES string of the molecule is CN(C)C(=O)C1c2c(C=O)csc2C(O[Si](C)(C)C(C)(C)C)CN1C(=O)OC(C)(C)C. The van der Waals surface area contributed by atoms with Crippen molar-refractivity contribution in [3.8, 4) is 0 Å². The minimum absolute atomic E-state index is 0.0367. The van der Waals surface area contributed by atoms with Crippen molar-refractivity contribution < 1.29 is 23.5 Å². The normalized spacial score (nSPS) is 19.6. The first-order chi connectivity index (χ1) is 14.0. The number of hydrogen-bond donors (Lipinski definition) is 0. The average Bonchev–Trinajstić information content (AvgIpc) is 3.02. The van der Waals surface area contributed by atoms with Crippen LogP contribution >= 0.6 is 11.3 Å². The van der Waals surface area contributed by atoms with Gasteiger partial charge in [0.2, 0.25) is 5.91 Å². The van der Waals surface area contributed by atoms with Gasteiger partial charge in [0, 0.05) is 35.5 Å². The maximum absolute atomic E-state index is 13.2. The summed E-state index contributed by atoms with van der Waals surface area (Å²) in [5, 5.41) is 1.71. The van der Waals surface area contributed by atoms with E-state index in [4.69, 9.17) is 9.16 Å². The molecule has 0 aromatic carbocycles. The Morgan fingerprint density at radius 3 is 2.23 bits per heavy atom. The first kappa shape index (κ1) is 25.5. The highest BCUT2D eigenvalue weighted by molar-refractivity contribution is 7.10. The summed E-state index contributed by atoms with van der Waals surface area (Å²) in [6.07, 6.45) is -0.272. The summed E-state index contributed by atoms with van der Waals surface area (Å²) < 4.78 is 12.3. The van der Waals surface area contributed by atoms with Crippen molar-refractivity contribution in [1.29, 1.82) is 0 Å². The maximum Gasteiger partial charge on any atom is 0.411 e. The lowest BCUT2D eigenvalue weighted by Gasteiger charge is -2.44. The van der Waals surface area contributed by atoms with Gasteiger partial charge >= 0.3 is 6.09 Å². The Balaban J connectivity index is 2.63. The number of thiophene rings is 1. The van der Waals surface area contributed by atoms with E-state index in [1.54, 1.807) is 40.2 Å². The van der Waals surface area contributed by atoms with Crippen LogP contribution in [-0.4, -0.2) is 62.6 Å². The van der Waals surface area contributed by atoms with E-state index in [0.29, 0.717) is 11.1 Å². The summed E-state index contributed by atoms with van der Waals surface area (Å²) in [6, 6.07) is -0.925. The van der Waals surface area contributed by atoms with Gasteiger partial charge in [-0.15, -0.1) is 11.3 Å². The molecule has 0 spiro atoms. The Hall–Kier alpha value is -1.71. The number of aldehydes is 1. The van der Waals surface area contributed by atoms with Gasteiger partial charge in [0.05, 0.1) is 12.6 Å². The van der Waals surface area contributed by atoms with Crippen molar-refractivity contribution in [3.05, 3.63) is 21.4 Å². The summed E-state index contributed by atoms with van der Waals surface area (Å²) >= 11 is 1.41. The number of hydrogen-bond acceptors (Lipinski definition) is 6. The predicted molar refractivity (Wildman–Crippen MR) is 125 cm³/mol. The van der Waals surface area contributed by atoms with Crippen LogP contribution in [0.1, 0.15) is 74.5 Å². The van der Waals surface area contributed by atoms with E-state index in [1.807, 2.05) is 0 Å². The molecule has 31 heavy (non-hydrogen) atoms.